The average Bonchev–Trinajstić information content (AvgIpc) is 2.42. The van der Waals surface area contributed by atoms with Gasteiger partial charge in [0, 0.05) is 33.9 Å². The van der Waals surface area contributed by atoms with Crippen molar-refractivity contribution in [2.75, 3.05) is 34.4 Å². The molecule has 120 valence electrons. The Morgan fingerprint density at radius 1 is 1.33 bits per heavy atom. The molecular formula is C13H20F2N2O3S. The van der Waals surface area contributed by atoms with Crippen LogP contribution < -0.4 is 5.32 Å². The van der Waals surface area contributed by atoms with E-state index in [1.165, 1.54) is 14.2 Å². The molecule has 0 bridgehead atoms. The normalized spacial score (nSPS) is 12.1. The zero-order valence-electron chi connectivity index (χ0n) is 12.3. The van der Waals surface area contributed by atoms with Crippen molar-refractivity contribution in [3.05, 3.63) is 29.3 Å². The fraction of sp³-hybridized carbons (Fsp3) is 0.538. The molecule has 0 radical (unpaired) electrons. The van der Waals surface area contributed by atoms with Crippen LogP contribution >= 0.6 is 0 Å². The fourth-order valence-electron chi connectivity index (χ4n) is 1.83. The highest BCUT2D eigenvalue weighted by Crippen LogP contribution is 2.22. The van der Waals surface area contributed by atoms with Crippen molar-refractivity contribution in [1.29, 1.82) is 0 Å². The van der Waals surface area contributed by atoms with E-state index in [2.05, 4.69) is 5.32 Å². The van der Waals surface area contributed by atoms with Gasteiger partial charge in [0.25, 0.3) is 0 Å². The Kier molecular flexibility index (Phi) is 6.66. The lowest BCUT2D eigenvalue weighted by Crippen LogP contribution is -2.29. The molecule has 0 aromatic heterocycles. The Morgan fingerprint density at radius 2 is 2.00 bits per heavy atom. The second kappa shape index (κ2) is 7.79. The molecule has 1 rings (SSSR count). The minimum absolute atomic E-state index is 0.160. The number of benzene rings is 1. The maximum atomic E-state index is 13.8. The molecule has 0 atom stereocenters. The van der Waals surface area contributed by atoms with Crippen molar-refractivity contribution < 1.29 is 21.9 Å². The third kappa shape index (κ3) is 4.44. The molecule has 0 aliphatic carbocycles. The Morgan fingerprint density at radius 3 is 2.57 bits per heavy atom. The average molecular weight is 322 g/mol. The van der Waals surface area contributed by atoms with Gasteiger partial charge in [-0.15, -0.1) is 0 Å². The monoisotopic (exact) mass is 322 g/mol. The standard InChI is InChI=1S/C13H20F2N2O3S/c1-16-9-10-7-11(14)13(15)12(8-10)21(18,19)17(2)5-4-6-20-3/h7-8,16H,4-6,9H2,1-3H3. The largest absolute Gasteiger partial charge is 0.385 e. The van der Waals surface area contributed by atoms with Crippen LogP contribution in [-0.2, 0) is 21.3 Å². The molecule has 0 amide bonds. The van der Waals surface area contributed by atoms with Crippen molar-refractivity contribution in [2.45, 2.75) is 17.9 Å². The van der Waals surface area contributed by atoms with Crippen molar-refractivity contribution in [2.24, 2.45) is 0 Å². The fourth-order valence-corrected chi connectivity index (χ4v) is 3.16. The molecule has 0 fully saturated rings. The predicted octanol–water partition coefficient (Wildman–Crippen LogP) is 1.34. The molecule has 8 heteroatoms. The number of nitrogens with one attached hydrogen (secondary N) is 1. The molecule has 0 saturated carbocycles. The smallest absolute Gasteiger partial charge is 0.245 e. The van der Waals surface area contributed by atoms with Crippen LogP contribution in [0.1, 0.15) is 12.0 Å². The van der Waals surface area contributed by atoms with Gasteiger partial charge in [0.2, 0.25) is 10.0 Å². The number of sulfonamides is 1. The number of nitrogens with zero attached hydrogens (tertiary/aromatic N) is 1. The molecule has 0 aliphatic heterocycles. The first-order valence-corrected chi connectivity index (χ1v) is 7.86. The van der Waals surface area contributed by atoms with Crippen LogP contribution in [-0.4, -0.2) is 47.1 Å². The molecule has 0 heterocycles. The Hall–Kier alpha value is -1.09. The van der Waals surface area contributed by atoms with Gasteiger partial charge in [0.05, 0.1) is 0 Å². The highest BCUT2D eigenvalue weighted by atomic mass is 32.2. The predicted molar refractivity (Wildman–Crippen MR) is 75.4 cm³/mol. The summed E-state index contributed by atoms with van der Waals surface area (Å²) in [5.74, 6) is -2.53. The van der Waals surface area contributed by atoms with E-state index in [1.807, 2.05) is 0 Å². The summed E-state index contributed by atoms with van der Waals surface area (Å²) < 4.78 is 57.9. The minimum atomic E-state index is -4.08. The molecule has 0 saturated heterocycles. The summed E-state index contributed by atoms with van der Waals surface area (Å²) in [6.45, 7) is 0.789. The van der Waals surface area contributed by atoms with Gasteiger partial charge < -0.3 is 10.1 Å². The molecule has 1 N–H and O–H groups in total. The molecular weight excluding hydrogens is 302 g/mol. The van der Waals surface area contributed by atoms with Crippen LogP contribution in [0.2, 0.25) is 0 Å². The summed E-state index contributed by atoms with van der Waals surface area (Å²) in [4.78, 5) is -0.646. The van der Waals surface area contributed by atoms with E-state index in [-0.39, 0.29) is 13.1 Å². The van der Waals surface area contributed by atoms with Crippen LogP contribution in [0.25, 0.3) is 0 Å². The van der Waals surface area contributed by atoms with Gasteiger partial charge in [-0.25, -0.2) is 21.5 Å². The van der Waals surface area contributed by atoms with Gasteiger partial charge in [-0.3, -0.25) is 0 Å². The van der Waals surface area contributed by atoms with Crippen molar-refractivity contribution in [3.63, 3.8) is 0 Å². The number of halogens is 2. The summed E-state index contributed by atoms with van der Waals surface area (Å²) >= 11 is 0. The zero-order valence-corrected chi connectivity index (χ0v) is 13.1. The van der Waals surface area contributed by atoms with Gasteiger partial charge in [-0.2, -0.15) is 0 Å². The van der Waals surface area contributed by atoms with Gasteiger partial charge in [-0.05, 0) is 31.2 Å². The minimum Gasteiger partial charge on any atom is -0.385 e. The van der Waals surface area contributed by atoms with Crippen LogP contribution in [0.5, 0.6) is 0 Å². The molecule has 0 unspecified atom stereocenters. The molecule has 0 spiro atoms. The number of ether oxygens (including phenoxy) is 1. The van der Waals surface area contributed by atoms with Crippen LogP contribution in [0, 0.1) is 11.6 Å². The zero-order chi connectivity index (χ0) is 16.0. The van der Waals surface area contributed by atoms with Gasteiger partial charge in [0.1, 0.15) is 4.90 Å². The quantitative estimate of drug-likeness (QED) is 0.734. The second-order valence-electron chi connectivity index (χ2n) is 4.59. The number of hydrogen-bond acceptors (Lipinski definition) is 4. The van der Waals surface area contributed by atoms with Crippen LogP contribution in [0.4, 0.5) is 8.78 Å². The van der Waals surface area contributed by atoms with E-state index in [1.54, 1.807) is 7.05 Å². The van der Waals surface area contributed by atoms with Crippen LogP contribution in [0.3, 0.4) is 0 Å². The summed E-state index contributed by atoms with van der Waals surface area (Å²) in [6.07, 6.45) is 0.465. The van der Waals surface area contributed by atoms with E-state index >= 15 is 0 Å². The van der Waals surface area contributed by atoms with E-state index in [9.17, 15) is 17.2 Å². The molecule has 5 nitrogen and oxygen atoms in total. The highest BCUT2D eigenvalue weighted by Gasteiger charge is 2.26. The Balaban J connectivity index is 3.11. The SMILES string of the molecule is CNCc1cc(F)c(F)c(S(=O)(=O)N(C)CCCOC)c1. The first-order valence-electron chi connectivity index (χ1n) is 6.42. The maximum absolute atomic E-state index is 13.8. The van der Waals surface area contributed by atoms with Crippen molar-refractivity contribution in [3.8, 4) is 0 Å². The van der Waals surface area contributed by atoms with Crippen molar-refractivity contribution in [1.82, 2.24) is 9.62 Å². The lowest BCUT2D eigenvalue weighted by Gasteiger charge is -2.18. The van der Waals surface area contributed by atoms with E-state index in [0.29, 0.717) is 18.6 Å². The number of methoxy groups -OCH3 is 1. The Bertz CT molecular complexity index is 579. The van der Waals surface area contributed by atoms with E-state index in [4.69, 9.17) is 4.74 Å². The van der Waals surface area contributed by atoms with Gasteiger partial charge in [-0.1, -0.05) is 0 Å². The van der Waals surface area contributed by atoms with Crippen LogP contribution in [0.15, 0.2) is 17.0 Å². The summed E-state index contributed by atoms with van der Waals surface area (Å²) in [5.41, 5.74) is 0.361. The highest BCUT2D eigenvalue weighted by molar-refractivity contribution is 7.89. The Labute approximate surface area is 124 Å². The third-order valence-electron chi connectivity index (χ3n) is 2.95. The molecule has 1 aromatic carbocycles. The summed E-state index contributed by atoms with van der Waals surface area (Å²) in [5, 5.41) is 2.77. The molecule has 0 aliphatic rings. The maximum Gasteiger partial charge on any atom is 0.245 e. The molecule has 1 aromatic rings. The lowest BCUT2D eigenvalue weighted by molar-refractivity contribution is 0.189. The van der Waals surface area contributed by atoms with Gasteiger partial charge >= 0.3 is 0 Å². The number of rotatable bonds is 8. The van der Waals surface area contributed by atoms with E-state index in [0.717, 1.165) is 16.4 Å². The molecule has 21 heavy (non-hydrogen) atoms. The van der Waals surface area contributed by atoms with Crippen molar-refractivity contribution >= 4 is 10.0 Å². The third-order valence-corrected chi connectivity index (χ3v) is 4.80. The first kappa shape index (κ1) is 18.0. The first-order chi connectivity index (χ1) is 9.84. The van der Waals surface area contributed by atoms with Gasteiger partial charge in [0.15, 0.2) is 11.6 Å². The summed E-state index contributed by atoms with van der Waals surface area (Å²) in [7, 11) is 0.384. The van der Waals surface area contributed by atoms with E-state index < -0.39 is 26.6 Å². The summed E-state index contributed by atoms with van der Waals surface area (Å²) in [6, 6.07) is 2.13. The second-order valence-corrected chi connectivity index (χ2v) is 6.61. The number of hydrogen-bond donors (Lipinski definition) is 1. The lowest BCUT2D eigenvalue weighted by atomic mass is 10.2. The topological polar surface area (TPSA) is 58.6 Å².